The van der Waals surface area contributed by atoms with Gasteiger partial charge in [-0.25, -0.2) is 0 Å². The van der Waals surface area contributed by atoms with Gasteiger partial charge in [0.2, 0.25) is 5.91 Å². The van der Waals surface area contributed by atoms with Gasteiger partial charge in [0.15, 0.2) is 0 Å². The molecule has 1 aliphatic rings. The van der Waals surface area contributed by atoms with Gasteiger partial charge in [-0.1, -0.05) is 0 Å². The van der Waals surface area contributed by atoms with E-state index < -0.39 is 0 Å². The molecule has 0 spiro atoms. The Morgan fingerprint density at radius 1 is 1.58 bits per heavy atom. The molecule has 1 unspecified atom stereocenters. The summed E-state index contributed by atoms with van der Waals surface area (Å²) in [6.45, 7) is 3.64. The zero-order valence-corrected chi connectivity index (χ0v) is 12.3. The first-order valence-electron chi connectivity index (χ1n) is 6.45. The van der Waals surface area contributed by atoms with E-state index in [2.05, 4.69) is 21.7 Å². The van der Waals surface area contributed by atoms with Crippen LogP contribution in [0.4, 0.5) is 0 Å². The number of nitrogens with one attached hydrogen (secondary N) is 1. The third-order valence-electron chi connectivity index (χ3n) is 3.34. The van der Waals surface area contributed by atoms with Gasteiger partial charge >= 0.3 is 0 Å². The smallest absolute Gasteiger partial charge is 0.238 e. The highest BCUT2D eigenvalue weighted by atomic mass is 32.1. The normalized spacial score (nSPS) is 19.6. The highest BCUT2D eigenvalue weighted by molar-refractivity contribution is 7.07. The van der Waals surface area contributed by atoms with E-state index in [4.69, 9.17) is 4.74 Å². The van der Waals surface area contributed by atoms with Gasteiger partial charge in [-0.3, -0.25) is 10.1 Å². The van der Waals surface area contributed by atoms with Crippen molar-refractivity contribution in [3.8, 4) is 0 Å². The van der Waals surface area contributed by atoms with Crippen LogP contribution in [-0.2, 0) is 9.53 Å². The van der Waals surface area contributed by atoms with Crippen LogP contribution in [0.25, 0.3) is 0 Å². The fourth-order valence-corrected chi connectivity index (χ4v) is 2.84. The summed E-state index contributed by atoms with van der Waals surface area (Å²) in [4.78, 5) is 16.0. The largest absolute Gasteiger partial charge is 0.383 e. The number of rotatable bonds is 7. The van der Waals surface area contributed by atoms with Crippen LogP contribution < -0.4 is 5.32 Å². The van der Waals surface area contributed by atoms with Gasteiger partial charge in [-0.2, -0.15) is 11.3 Å². The Morgan fingerprint density at radius 3 is 3.11 bits per heavy atom. The Labute approximate surface area is 118 Å². The maximum atomic E-state index is 11.9. The third-order valence-corrected chi connectivity index (χ3v) is 4.04. The average Bonchev–Trinajstić information content (AvgIpc) is 3.03. The fraction of sp³-hybridized carbons (Fsp3) is 0.615. The predicted octanol–water partition coefficient (Wildman–Crippen LogP) is 0.757. The molecule has 0 aromatic carbocycles. The molecule has 1 atom stereocenters. The Bertz CT molecular complexity index is 397. The van der Waals surface area contributed by atoms with Crippen LogP contribution >= 0.6 is 11.3 Å². The molecule has 1 aromatic rings. The van der Waals surface area contributed by atoms with Gasteiger partial charge in [0, 0.05) is 26.7 Å². The molecule has 106 valence electrons. The average molecular weight is 283 g/mol. The topological polar surface area (TPSA) is 44.8 Å². The van der Waals surface area contributed by atoms with Gasteiger partial charge in [0.25, 0.3) is 0 Å². The summed E-state index contributed by atoms with van der Waals surface area (Å²) in [7, 11) is 3.75. The monoisotopic (exact) mass is 283 g/mol. The molecule has 1 N–H and O–H groups in total. The maximum absolute atomic E-state index is 11.9. The molecule has 1 aromatic heterocycles. The van der Waals surface area contributed by atoms with E-state index in [0.29, 0.717) is 6.54 Å². The van der Waals surface area contributed by atoms with Crippen molar-refractivity contribution in [2.75, 3.05) is 46.9 Å². The van der Waals surface area contributed by atoms with Crippen LogP contribution in [0.1, 0.15) is 11.7 Å². The number of methoxy groups -OCH3 is 1. The minimum Gasteiger partial charge on any atom is -0.383 e. The summed E-state index contributed by atoms with van der Waals surface area (Å²) in [6.07, 6.45) is 0.0366. The van der Waals surface area contributed by atoms with Crippen LogP contribution in [-0.4, -0.2) is 62.7 Å². The lowest BCUT2D eigenvalue weighted by atomic mass is 10.2. The number of carbonyl (C=O) groups excluding carboxylic acids is 1. The molecule has 2 rings (SSSR count). The Morgan fingerprint density at radius 2 is 2.42 bits per heavy atom. The predicted molar refractivity (Wildman–Crippen MR) is 76.1 cm³/mol. The molecule has 0 radical (unpaired) electrons. The van der Waals surface area contributed by atoms with Crippen LogP contribution in [0.2, 0.25) is 0 Å². The van der Waals surface area contributed by atoms with Crippen LogP contribution in [0.15, 0.2) is 16.8 Å². The zero-order chi connectivity index (χ0) is 13.7. The fourth-order valence-electron chi connectivity index (χ4n) is 2.16. The summed E-state index contributed by atoms with van der Waals surface area (Å²) in [6, 6.07) is 2.07. The number of thiophene rings is 1. The molecule has 1 aliphatic heterocycles. The lowest BCUT2D eigenvalue weighted by Gasteiger charge is -2.26. The first-order chi connectivity index (χ1) is 9.22. The molecule has 6 heteroatoms. The quantitative estimate of drug-likeness (QED) is 0.802. The molecule has 0 aliphatic carbocycles. The van der Waals surface area contributed by atoms with Crippen molar-refractivity contribution < 1.29 is 9.53 Å². The molecule has 0 saturated carbocycles. The number of carbonyl (C=O) groups is 1. The van der Waals surface area contributed by atoms with E-state index in [9.17, 15) is 4.79 Å². The Balaban J connectivity index is 1.88. The van der Waals surface area contributed by atoms with Gasteiger partial charge in [-0.05, 0) is 29.4 Å². The zero-order valence-electron chi connectivity index (χ0n) is 11.5. The summed E-state index contributed by atoms with van der Waals surface area (Å²) in [5, 5.41) is 7.41. The van der Waals surface area contributed by atoms with Crippen molar-refractivity contribution in [3.63, 3.8) is 0 Å². The lowest BCUT2D eigenvalue weighted by molar-refractivity contribution is -0.128. The van der Waals surface area contributed by atoms with Gasteiger partial charge in [0.05, 0.1) is 13.2 Å². The van der Waals surface area contributed by atoms with E-state index in [1.807, 2.05) is 17.3 Å². The number of nitrogens with zero attached hydrogens (tertiary/aromatic N) is 2. The van der Waals surface area contributed by atoms with Crippen molar-refractivity contribution in [1.29, 1.82) is 0 Å². The maximum Gasteiger partial charge on any atom is 0.238 e. The van der Waals surface area contributed by atoms with Crippen molar-refractivity contribution in [3.05, 3.63) is 22.4 Å². The molecular weight excluding hydrogens is 262 g/mol. The molecule has 19 heavy (non-hydrogen) atoms. The second kappa shape index (κ2) is 7.00. The van der Waals surface area contributed by atoms with Crippen molar-refractivity contribution in [2.45, 2.75) is 6.17 Å². The van der Waals surface area contributed by atoms with E-state index in [1.165, 1.54) is 5.56 Å². The standard InChI is InChI=1S/C13H21N3O2S/c1-15(6-7-18-2)4-5-16-12(17)9-14-13(16)11-3-8-19-10-11/h3,8,10,13-14H,4-7,9H2,1-2H3. The van der Waals surface area contributed by atoms with Crippen molar-refractivity contribution in [1.82, 2.24) is 15.1 Å². The lowest BCUT2D eigenvalue weighted by Crippen LogP contribution is -2.37. The molecule has 1 amide bonds. The molecule has 5 nitrogen and oxygen atoms in total. The van der Waals surface area contributed by atoms with Gasteiger partial charge < -0.3 is 14.5 Å². The van der Waals surface area contributed by atoms with Crippen LogP contribution in [0.3, 0.4) is 0 Å². The first kappa shape index (κ1) is 14.5. The van der Waals surface area contributed by atoms with Crippen LogP contribution in [0, 0.1) is 0 Å². The summed E-state index contributed by atoms with van der Waals surface area (Å²) >= 11 is 1.66. The van der Waals surface area contributed by atoms with Crippen molar-refractivity contribution in [2.24, 2.45) is 0 Å². The summed E-state index contributed by atoms with van der Waals surface area (Å²) in [5.41, 5.74) is 1.18. The van der Waals surface area contributed by atoms with E-state index >= 15 is 0 Å². The summed E-state index contributed by atoms with van der Waals surface area (Å²) < 4.78 is 5.05. The minimum atomic E-state index is 0.0366. The second-order valence-corrected chi connectivity index (χ2v) is 5.50. The third kappa shape index (κ3) is 3.76. The van der Waals surface area contributed by atoms with Gasteiger partial charge in [-0.15, -0.1) is 0 Å². The second-order valence-electron chi connectivity index (χ2n) is 4.72. The van der Waals surface area contributed by atoms with E-state index in [1.54, 1.807) is 18.4 Å². The SMILES string of the molecule is COCCN(C)CCN1C(=O)CNC1c1ccsc1. The molecular formula is C13H21N3O2S. The highest BCUT2D eigenvalue weighted by Crippen LogP contribution is 2.23. The number of hydrogen-bond acceptors (Lipinski definition) is 5. The molecule has 0 bridgehead atoms. The minimum absolute atomic E-state index is 0.0366. The summed E-state index contributed by atoms with van der Waals surface area (Å²) in [5.74, 6) is 0.177. The molecule has 1 fully saturated rings. The molecule has 2 heterocycles. The number of amides is 1. The first-order valence-corrected chi connectivity index (χ1v) is 7.39. The van der Waals surface area contributed by atoms with Crippen molar-refractivity contribution >= 4 is 17.2 Å². The number of ether oxygens (including phenoxy) is 1. The number of hydrogen-bond donors (Lipinski definition) is 1. The Kier molecular flexibility index (Phi) is 5.33. The van der Waals surface area contributed by atoms with E-state index in [-0.39, 0.29) is 12.1 Å². The highest BCUT2D eigenvalue weighted by Gasteiger charge is 2.31. The Hall–Kier alpha value is -0.950. The van der Waals surface area contributed by atoms with Gasteiger partial charge in [0.1, 0.15) is 6.17 Å². The molecule has 1 saturated heterocycles. The number of likely N-dealkylation sites (N-methyl/N-ethyl adjacent to an activating group) is 1. The van der Waals surface area contributed by atoms with E-state index in [0.717, 1.165) is 26.2 Å². The van der Waals surface area contributed by atoms with Crippen LogP contribution in [0.5, 0.6) is 0 Å².